The molecule has 2 aliphatic heterocycles. The number of nitrogen functional groups attached to an aromatic ring is 1. The highest BCUT2D eigenvalue weighted by Gasteiger charge is 2.25. The molecule has 6 nitrogen and oxygen atoms in total. The summed E-state index contributed by atoms with van der Waals surface area (Å²) in [5.41, 5.74) is 10.7. The molecule has 2 saturated heterocycles. The van der Waals surface area contributed by atoms with Gasteiger partial charge in [-0.1, -0.05) is 12.1 Å². The van der Waals surface area contributed by atoms with E-state index in [0.29, 0.717) is 24.1 Å². The van der Waals surface area contributed by atoms with E-state index in [0.717, 1.165) is 50.3 Å². The Morgan fingerprint density at radius 1 is 1.07 bits per heavy atom. The van der Waals surface area contributed by atoms with Crippen molar-refractivity contribution in [2.45, 2.75) is 24.8 Å². The topological polar surface area (TPSA) is 78.6 Å². The minimum atomic E-state index is 0.209. The Balaban J connectivity index is 1.73. The van der Waals surface area contributed by atoms with Crippen molar-refractivity contribution in [2.24, 2.45) is 0 Å². The molecular formula is C21H27N3O3. The molecule has 2 aliphatic rings. The number of nitrogens with zero attached hydrogens (tertiary/aromatic N) is 1. The molecule has 1 aromatic carbocycles. The van der Waals surface area contributed by atoms with Gasteiger partial charge in [-0.2, -0.15) is 0 Å². The summed E-state index contributed by atoms with van der Waals surface area (Å²) < 4.78 is 16.6. The maximum Gasteiger partial charge on any atom is 0.166 e. The van der Waals surface area contributed by atoms with Crippen LogP contribution < -0.4 is 15.8 Å². The second-order valence-electron chi connectivity index (χ2n) is 7.12. The minimum absolute atomic E-state index is 0.209. The highest BCUT2D eigenvalue weighted by atomic mass is 16.5. The summed E-state index contributed by atoms with van der Waals surface area (Å²) in [6.45, 7) is 4.00. The lowest BCUT2D eigenvalue weighted by Crippen LogP contribution is -2.35. The van der Waals surface area contributed by atoms with E-state index in [4.69, 9.17) is 19.9 Å². The van der Waals surface area contributed by atoms with Crippen LogP contribution in [-0.2, 0) is 9.47 Å². The number of aromatic nitrogens is 1. The van der Waals surface area contributed by atoms with Crippen molar-refractivity contribution in [3.8, 4) is 16.9 Å². The first-order valence-electron chi connectivity index (χ1n) is 9.59. The van der Waals surface area contributed by atoms with Crippen LogP contribution in [0.4, 0.5) is 5.82 Å². The normalized spacial score (nSPS) is 21.1. The lowest BCUT2D eigenvalue weighted by molar-refractivity contribution is 0.0740. The number of hydrogen-bond acceptors (Lipinski definition) is 6. The molecule has 27 heavy (non-hydrogen) atoms. The van der Waals surface area contributed by atoms with Crippen molar-refractivity contribution < 1.29 is 14.2 Å². The molecule has 0 unspecified atom stereocenters. The molecule has 2 fully saturated rings. The van der Waals surface area contributed by atoms with Gasteiger partial charge < -0.3 is 25.3 Å². The van der Waals surface area contributed by atoms with Crippen LogP contribution in [0.3, 0.4) is 0 Å². The standard InChI is InChI=1S/C21H27N3O3/c1-25-20-11-16(12-24-21(20)22)15-2-3-17(14-4-7-26-8-5-14)18(10-15)19-13-27-9-6-23-19/h2-3,10-12,14,19,23H,4-9,13H2,1H3,(H2,22,24)/t19-/m0/s1. The highest BCUT2D eigenvalue weighted by molar-refractivity contribution is 5.68. The number of anilines is 1. The molecule has 3 heterocycles. The zero-order valence-corrected chi connectivity index (χ0v) is 15.7. The van der Waals surface area contributed by atoms with Gasteiger partial charge in [0, 0.05) is 31.5 Å². The number of pyridine rings is 1. The fraction of sp³-hybridized carbons (Fsp3) is 0.476. The van der Waals surface area contributed by atoms with Crippen LogP contribution >= 0.6 is 0 Å². The predicted molar refractivity (Wildman–Crippen MR) is 105 cm³/mol. The first kappa shape index (κ1) is 18.2. The number of nitrogens with two attached hydrogens (primary N) is 1. The Morgan fingerprint density at radius 3 is 2.67 bits per heavy atom. The number of methoxy groups -OCH3 is 1. The van der Waals surface area contributed by atoms with Crippen molar-refractivity contribution in [1.29, 1.82) is 0 Å². The fourth-order valence-electron chi connectivity index (χ4n) is 3.98. The molecule has 0 amide bonds. The Hall–Kier alpha value is -2.15. The van der Waals surface area contributed by atoms with Crippen molar-refractivity contribution in [1.82, 2.24) is 10.3 Å². The van der Waals surface area contributed by atoms with E-state index in [1.807, 2.05) is 6.07 Å². The number of rotatable bonds is 4. The van der Waals surface area contributed by atoms with Crippen molar-refractivity contribution >= 4 is 5.82 Å². The number of benzene rings is 1. The van der Waals surface area contributed by atoms with E-state index < -0.39 is 0 Å². The Bertz CT molecular complexity index is 784. The monoisotopic (exact) mass is 369 g/mol. The van der Waals surface area contributed by atoms with Gasteiger partial charge in [0.2, 0.25) is 0 Å². The summed E-state index contributed by atoms with van der Waals surface area (Å²) >= 11 is 0. The highest BCUT2D eigenvalue weighted by Crippen LogP contribution is 2.36. The molecule has 4 rings (SSSR count). The number of ether oxygens (including phenoxy) is 3. The molecule has 6 heteroatoms. The molecule has 1 aromatic heterocycles. The molecule has 0 aliphatic carbocycles. The number of nitrogens with one attached hydrogen (secondary N) is 1. The van der Waals surface area contributed by atoms with Gasteiger partial charge in [0.1, 0.15) is 0 Å². The second kappa shape index (κ2) is 8.25. The van der Waals surface area contributed by atoms with Crippen LogP contribution in [-0.4, -0.2) is 45.1 Å². The summed E-state index contributed by atoms with van der Waals surface area (Å²) in [6, 6.07) is 8.86. The lowest BCUT2D eigenvalue weighted by atomic mass is 9.84. The molecule has 0 bridgehead atoms. The van der Waals surface area contributed by atoms with Crippen molar-refractivity contribution in [2.75, 3.05) is 45.8 Å². The van der Waals surface area contributed by atoms with Gasteiger partial charge in [0.25, 0.3) is 0 Å². The molecule has 1 atom stereocenters. The second-order valence-corrected chi connectivity index (χ2v) is 7.12. The Labute approximate surface area is 160 Å². The molecular weight excluding hydrogens is 342 g/mol. The van der Waals surface area contributed by atoms with E-state index in [1.165, 1.54) is 11.1 Å². The summed E-state index contributed by atoms with van der Waals surface area (Å²) in [4.78, 5) is 4.28. The maximum atomic E-state index is 5.87. The van der Waals surface area contributed by atoms with Gasteiger partial charge in [-0.05, 0) is 47.6 Å². The average molecular weight is 369 g/mol. The SMILES string of the molecule is COc1cc(-c2ccc(C3CCOCC3)c([C@@H]3COCCN3)c2)cnc1N. The van der Waals surface area contributed by atoms with Crippen molar-refractivity contribution in [3.05, 3.63) is 41.6 Å². The van der Waals surface area contributed by atoms with E-state index in [-0.39, 0.29) is 6.04 Å². The zero-order chi connectivity index (χ0) is 18.6. The van der Waals surface area contributed by atoms with Crippen LogP contribution in [0.1, 0.15) is 35.9 Å². The van der Waals surface area contributed by atoms with Crippen LogP contribution in [0.15, 0.2) is 30.5 Å². The molecule has 0 radical (unpaired) electrons. The summed E-state index contributed by atoms with van der Waals surface area (Å²) in [7, 11) is 1.61. The number of morpholine rings is 1. The van der Waals surface area contributed by atoms with Gasteiger partial charge in [-0.3, -0.25) is 0 Å². The van der Waals surface area contributed by atoms with Gasteiger partial charge in [0.15, 0.2) is 11.6 Å². The quantitative estimate of drug-likeness (QED) is 0.863. The minimum Gasteiger partial charge on any atom is -0.493 e. The predicted octanol–water partition coefficient (Wildman–Crippen LogP) is 2.89. The van der Waals surface area contributed by atoms with E-state index >= 15 is 0 Å². The van der Waals surface area contributed by atoms with E-state index in [2.05, 4.69) is 28.5 Å². The third-order valence-electron chi connectivity index (χ3n) is 5.48. The summed E-state index contributed by atoms with van der Waals surface area (Å²) in [5, 5.41) is 3.61. The summed E-state index contributed by atoms with van der Waals surface area (Å²) in [6.07, 6.45) is 3.93. The lowest BCUT2D eigenvalue weighted by Gasteiger charge is -2.31. The molecule has 144 valence electrons. The van der Waals surface area contributed by atoms with Gasteiger partial charge in [-0.15, -0.1) is 0 Å². The van der Waals surface area contributed by atoms with Gasteiger partial charge in [-0.25, -0.2) is 4.98 Å². The first-order valence-corrected chi connectivity index (χ1v) is 9.59. The molecule has 0 spiro atoms. The Morgan fingerprint density at radius 2 is 1.93 bits per heavy atom. The Kier molecular flexibility index (Phi) is 5.57. The molecule has 0 saturated carbocycles. The van der Waals surface area contributed by atoms with Gasteiger partial charge in [0.05, 0.1) is 26.4 Å². The van der Waals surface area contributed by atoms with Gasteiger partial charge >= 0.3 is 0 Å². The third-order valence-corrected chi connectivity index (χ3v) is 5.48. The molecule has 3 N–H and O–H groups in total. The van der Waals surface area contributed by atoms with E-state index in [9.17, 15) is 0 Å². The maximum absolute atomic E-state index is 5.87. The van der Waals surface area contributed by atoms with Crippen molar-refractivity contribution in [3.63, 3.8) is 0 Å². The smallest absolute Gasteiger partial charge is 0.166 e. The zero-order valence-electron chi connectivity index (χ0n) is 15.7. The first-order chi connectivity index (χ1) is 13.3. The third kappa shape index (κ3) is 3.93. The van der Waals surface area contributed by atoms with Crippen LogP contribution in [0.5, 0.6) is 5.75 Å². The number of hydrogen-bond donors (Lipinski definition) is 2. The summed E-state index contributed by atoms with van der Waals surface area (Å²) in [5.74, 6) is 1.54. The molecule has 2 aromatic rings. The fourth-order valence-corrected chi connectivity index (χ4v) is 3.98. The van der Waals surface area contributed by atoms with E-state index in [1.54, 1.807) is 13.3 Å². The van der Waals surface area contributed by atoms with Crippen LogP contribution in [0, 0.1) is 0 Å². The largest absolute Gasteiger partial charge is 0.493 e. The van der Waals surface area contributed by atoms with Crippen LogP contribution in [0.2, 0.25) is 0 Å². The van der Waals surface area contributed by atoms with Crippen LogP contribution in [0.25, 0.3) is 11.1 Å². The average Bonchev–Trinajstić information content (AvgIpc) is 2.75.